The number of nitrogens with one attached hydrogen (secondary N) is 2. The smallest absolute Gasteiger partial charge is 0.251 e. The standard InChI is InChI=1S/C21H35N3O2/c1-20(2,3)17-10-8-16(9-11-17)19(26)22-13-12-18(25)23-14-21(4,5)15-24(6)7/h8-11H,12-15H2,1-7H3,(H,22,26)(H,23,25). The van der Waals surface area contributed by atoms with Crippen molar-refractivity contribution >= 4 is 11.8 Å². The van der Waals surface area contributed by atoms with E-state index in [2.05, 4.69) is 50.2 Å². The zero-order valence-corrected chi connectivity index (χ0v) is 17.4. The first-order chi connectivity index (χ1) is 11.9. The summed E-state index contributed by atoms with van der Waals surface area (Å²) in [6.45, 7) is 12.5. The van der Waals surface area contributed by atoms with Crippen LogP contribution in [-0.2, 0) is 10.2 Å². The summed E-state index contributed by atoms with van der Waals surface area (Å²) in [7, 11) is 4.04. The second-order valence-electron chi connectivity index (χ2n) is 9.01. The molecule has 146 valence electrons. The van der Waals surface area contributed by atoms with Gasteiger partial charge in [0.1, 0.15) is 0 Å². The molecule has 0 aliphatic heterocycles. The van der Waals surface area contributed by atoms with Crippen molar-refractivity contribution in [2.24, 2.45) is 5.41 Å². The van der Waals surface area contributed by atoms with E-state index in [0.717, 1.165) is 6.54 Å². The van der Waals surface area contributed by atoms with Gasteiger partial charge in [-0.2, -0.15) is 0 Å². The topological polar surface area (TPSA) is 61.4 Å². The van der Waals surface area contributed by atoms with Crippen LogP contribution in [0.4, 0.5) is 0 Å². The Morgan fingerprint density at radius 2 is 1.54 bits per heavy atom. The second-order valence-corrected chi connectivity index (χ2v) is 9.01. The average Bonchev–Trinajstić information content (AvgIpc) is 2.51. The van der Waals surface area contributed by atoms with Crippen LogP contribution >= 0.6 is 0 Å². The summed E-state index contributed by atoms with van der Waals surface area (Å²) in [6, 6.07) is 7.63. The summed E-state index contributed by atoms with van der Waals surface area (Å²) in [5.74, 6) is -0.189. The Kier molecular flexibility index (Phi) is 7.82. The minimum atomic E-state index is -0.147. The lowest BCUT2D eigenvalue weighted by Gasteiger charge is -2.28. The van der Waals surface area contributed by atoms with Gasteiger partial charge in [-0.15, -0.1) is 0 Å². The van der Waals surface area contributed by atoms with Gasteiger partial charge in [-0.25, -0.2) is 0 Å². The van der Waals surface area contributed by atoms with E-state index in [4.69, 9.17) is 0 Å². The maximum Gasteiger partial charge on any atom is 0.251 e. The maximum atomic E-state index is 12.2. The molecule has 0 aromatic heterocycles. The van der Waals surface area contributed by atoms with Crippen molar-refractivity contribution in [1.82, 2.24) is 15.5 Å². The molecule has 0 unspecified atom stereocenters. The summed E-state index contributed by atoms with van der Waals surface area (Å²) >= 11 is 0. The monoisotopic (exact) mass is 361 g/mol. The van der Waals surface area contributed by atoms with E-state index in [9.17, 15) is 9.59 Å². The first kappa shape index (κ1) is 22.2. The van der Waals surface area contributed by atoms with Crippen LogP contribution in [0.3, 0.4) is 0 Å². The Morgan fingerprint density at radius 1 is 0.962 bits per heavy atom. The Bertz CT molecular complexity index is 599. The van der Waals surface area contributed by atoms with E-state index in [1.807, 2.05) is 38.4 Å². The molecule has 2 amide bonds. The highest BCUT2D eigenvalue weighted by Crippen LogP contribution is 2.22. The molecular weight excluding hydrogens is 326 g/mol. The molecule has 0 aliphatic rings. The third-order valence-electron chi connectivity index (χ3n) is 4.16. The fraction of sp³-hybridized carbons (Fsp3) is 0.619. The van der Waals surface area contributed by atoms with E-state index in [1.165, 1.54) is 5.56 Å². The molecule has 0 bridgehead atoms. The molecule has 0 saturated carbocycles. The van der Waals surface area contributed by atoms with Gasteiger partial charge in [0.25, 0.3) is 5.91 Å². The van der Waals surface area contributed by atoms with Gasteiger partial charge in [0.15, 0.2) is 0 Å². The molecule has 0 radical (unpaired) electrons. The normalized spacial score (nSPS) is 12.2. The number of hydrogen-bond acceptors (Lipinski definition) is 3. The zero-order chi connectivity index (χ0) is 20.0. The third kappa shape index (κ3) is 8.00. The number of carbonyl (C=O) groups is 2. The van der Waals surface area contributed by atoms with E-state index in [-0.39, 0.29) is 29.1 Å². The van der Waals surface area contributed by atoms with Gasteiger partial charge in [0.2, 0.25) is 5.91 Å². The summed E-state index contributed by atoms with van der Waals surface area (Å²) in [5.41, 5.74) is 1.88. The number of rotatable bonds is 8. The van der Waals surface area contributed by atoms with Crippen molar-refractivity contribution in [2.45, 2.75) is 46.5 Å². The number of nitrogens with zero attached hydrogens (tertiary/aromatic N) is 1. The highest BCUT2D eigenvalue weighted by Gasteiger charge is 2.19. The lowest BCUT2D eigenvalue weighted by molar-refractivity contribution is -0.121. The lowest BCUT2D eigenvalue weighted by atomic mass is 9.87. The predicted octanol–water partition coefficient (Wildman–Crippen LogP) is 2.81. The largest absolute Gasteiger partial charge is 0.355 e. The van der Waals surface area contributed by atoms with Gasteiger partial charge in [-0.05, 0) is 42.6 Å². The van der Waals surface area contributed by atoms with E-state index >= 15 is 0 Å². The van der Waals surface area contributed by atoms with Crippen LogP contribution in [0.15, 0.2) is 24.3 Å². The minimum Gasteiger partial charge on any atom is -0.355 e. The molecule has 5 nitrogen and oxygen atoms in total. The number of benzene rings is 1. The number of carbonyl (C=O) groups excluding carboxylic acids is 2. The molecule has 0 saturated heterocycles. The van der Waals surface area contributed by atoms with Crippen LogP contribution in [0, 0.1) is 5.41 Å². The van der Waals surface area contributed by atoms with Crippen LogP contribution in [0.1, 0.15) is 57.0 Å². The summed E-state index contributed by atoms with van der Waals surface area (Å²) in [4.78, 5) is 26.3. The van der Waals surface area contributed by atoms with Crippen molar-refractivity contribution in [2.75, 3.05) is 33.7 Å². The Hall–Kier alpha value is -1.88. The molecule has 1 aromatic carbocycles. The quantitative estimate of drug-likeness (QED) is 0.748. The number of hydrogen-bond donors (Lipinski definition) is 2. The molecule has 2 N–H and O–H groups in total. The Labute approximate surface area is 158 Å². The molecule has 5 heteroatoms. The van der Waals surface area contributed by atoms with Crippen LogP contribution in [0.2, 0.25) is 0 Å². The van der Waals surface area contributed by atoms with Gasteiger partial charge < -0.3 is 15.5 Å². The first-order valence-electron chi connectivity index (χ1n) is 9.21. The van der Waals surface area contributed by atoms with Gasteiger partial charge in [-0.3, -0.25) is 9.59 Å². The third-order valence-corrected chi connectivity index (χ3v) is 4.16. The highest BCUT2D eigenvalue weighted by molar-refractivity contribution is 5.94. The van der Waals surface area contributed by atoms with E-state index in [1.54, 1.807) is 0 Å². The van der Waals surface area contributed by atoms with Crippen LogP contribution in [0.5, 0.6) is 0 Å². The summed E-state index contributed by atoms with van der Waals surface area (Å²) in [6.07, 6.45) is 0.282. The van der Waals surface area contributed by atoms with Gasteiger partial charge in [0.05, 0.1) is 0 Å². The van der Waals surface area contributed by atoms with Crippen molar-refractivity contribution in [3.63, 3.8) is 0 Å². The predicted molar refractivity (Wildman–Crippen MR) is 107 cm³/mol. The number of amides is 2. The fourth-order valence-electron chi connectivity index (χ4n) is 2.85. The molecule has 0 spiro atoms. The molecule has 0 fully saturated rings. The summed E-state index contributed by atoms with van der Waals surface area (Å²) < 4.78 is 0. The van der Waals surface area contributed by atoms with Crippen molar-refractivity contribution in [3.8, 4) is 0 Å². The average molecular weight is 362 g/mol. The highest BCUT2D eigenvalue weighted by atomic mass is 16.2. The van der Waals surface area contributed by atoms with Crippen molar-refractivity contribution in [1.29, 1.82) is 0 Å². The molecular formula is C21H35N3O2. The van der Waals surface area contributed by atoms with Gasteiger partial charge in [0, 0.05) is 31.6 Å². The molecule has 1 aromatic rings. The maximum absolute atomic E-state index is 12.2. The fourth-order valence-corrected chi connectivity index (χ4v) is 2.85. The van der Waals surface area contributed by atoms with Gasteiger partial charge in [-0.1, -0.05) is 46.8 Å². The van der Waals surface area contributed by atoms with Crippen molar-refractivity contribution in [3.05, 3.63) is 35.4 Å². The molecule has 0 atom stereocenters. The lowest BCUT2D eigenvalue weighted by Crippen LogP contribution is -2.40. The van der Waals surface area contributed by atoms with E-state index < -0.39 is 0 Å². The minimum absolute atomic E-state index is 0.0111. The first-order valence-corrected chi connectivity index (χ1v) is 9.21. The van der Waals surface area contributed by atoms with E-state index in [0.29, 0.717) is 18.7 Å². The van der Waals surface area contributed by atoms with Crippen LogP contribution < -0.4 is 10.6 Å². The molecule has 0 heterocycles. The second kappa shape index (κ2) is 9.17. The molecule has 0 aliphatic carbocycles. The van der Waals surface area contributed by atoms with Crippen LogP contribution in [-0.4, -0.2) is 50.4 Å². The van der Waals surface area contributed by atoms with Crippen LogP contribution in [0.25, 0.3) is 0 Å². The molecule has 26 heavy (non-hydrogen) atoms. The zero-order valence-electron chi connectivity index (χ0n) is 17.4. The SMILES string of the molecule is CN(C)CC(C)(C)CNC(=O)CCNC(=O)c1ccc(C(C)(C)C)cc1. The Balaban J connectivity index is 2.38. The molecule has 1 rings (SSSR count). The Morgan fingerprint density at radius 3 is 2.04 bits per heavy atom. The van der Waals surface area contributed by atoms with Crippen molar-refractivity contribution < 1.29 is 9.59 Å². The summed E-state index contributed by atoms with van der Waals surface area (Å²) in [5, 5.41) is 5.76. The van der Waals surface area contributed by atoms with Gasteiger partial charge >= 0.3 is 0 Å².